The van der Waals surface area contributed by atoms with Crippen molar-refractivity contribution in [3.8, 4) is 5.75 Å². The highest BCUT2D eigenvalue weighted by atomic mass is 16.6. The van der Waals surface area contributed by atoms with Crippen molar-refractivity contribution in [2.75, 3.05) is 19.5 Å². The van der Waals surface area contributed by atoms with Gasteiger partial charge >= 0.3 is 0 Å². The molecule has 29 heavy (non-hydrogen) atoms. The molecule has 0 spiro atoms. The lowest BCUT2D eigenvalue weighted by atomic mass is 9.87. The van der Waals surface area contributed by atoms with Crippen LogP contribution in [0.3, 0.4) is 0 Å². The number of nitro groups is 1. The number of benzene rings is 2. The first-order valence-corrected chi connectivity index (χ1v) is 9.46. The van der Waals surface area contributed by atoms with Gasteiger partial charge in [0.05, 0.1) is 23.8 Å². The largest absolute Gasteiger partial charge is 0.495 e. The number of non-ortho nitro benzene ring substituents is 1. The molecule has 2 rings (SSSR count). The summed E-state index contributed by atoms with van der Waals surface area (Å²) in [4.78, 5) is 25.1. The van der Waals surface area contributed by atoms with Gasteiger partial charge in [-0.3, -0.25) is 19.8 Å². The van der Waals surface area contributed by atoms with Gasteiger partial charge in [-0.05, 0) is 36.6 Å². The number of amides is 1. The van der Waals surface area contributed by atoms with Crippen LogP contribution < -0.4 is 10.1 Å². The molecule has 7 heteroatoms. The van der Waals surface area contributed by atoms with E-state index >= 15 is 0 Å². The molecule has 0 aromatic heterocycles. The van der Waals surface area contributed by atoms with Crippen molar-refractivity contribution in [2.24, 2.45) is 0 Å². The van der Waals surface area contributed by atoms with Crippen LogP contribution in [-0.2, 0) is 16.8 Å². The fourth-order valence-corrected chi connectivity index (χ4v) is 2.88. The summed E-state index contributed by atoms with van der Waals surface area (Å²) < 4.78 is 5.20. The molecule has 0 heterocycles. The Morgan fingerprint density at radius 1 is 1.21 bits per heavy atom. The van der Waals surface area contributed by atoms with Gasteiger partial charge in [-0.25, -0.2) is 0 Å². The molecule has 2 aromatic carbocycles. The zero-order valence-electron chi connectivity index (χ0n) is 17.9. The number of nitrogens with zero attached hydrogens (tertiary/aromatic N) is 2. The van der Waals surface area contributed by atoms with E-state index < -0.39 is 11.0 Å². The smallest absolute Gasteiger partial charge is 0.271 e. The van der Waals surface area contributed by atoms with E-state index in [-0.39, 0.29) is 22.7 Å². The average molecular weight is 399 g/mol. The molecule has 0 aliphatic rings. The van der Waals surface area contributed by atoms with E-state index in [4.69, 9.17) is 4.74 Å². The van der Waals surface area contributed by atoms with E-state index in [0.717, 1.165) is 5.56 Å². The molecule has 0 bridgehead atoms. The Labute approximate surface area is 171 Å². The maximum absolute atomic E-state index is 12.7. The topological polar surface area (TPSA) is 84.7 Å². The van der Waals surface area contributed by atoms with Crippen molar-refractivity contribution < 1.29 is 14.5 Å². The van der Waals surface area contributed by atoms with Gasteiger partial charge in [0, 0.05) is 18.7 Å². The number of anilines is 1. The van der Waals surface area contributed by atoms with Crippen LogP contribution in [0, 0.1) is 10.1 Å². The number of rotatable bonds is 7. The standard InChI is InChI=1S/C22H29N3O4/c1-15(24(5)14-16-7-9-17(10-8-16)22(2,3)4)21(26)23-19-13-18(25(27)28)11-12-20(19)29-6/h7-13,15H,14H2,1-6H3,(H,23,26)/t15-/m0/s1. The number of hydrogen-bond donors (Lipinski definition) is 1. The number of carbonyl (C=O) groups excluding carboxylic acids is 1. The number of likely N-dealkylation sites (N-methyl/N-ethyl adjacent to an activating group) is 1. The highest BCUT2D eigenvalue weighted by Crippen LogP contribution is 2.29. The van der Waals surface area contributed by atoms with Gasteiger partial charge in [0.2, 0.25) is 5.91 Å². The molecular formula is C22H29N3O4. The lowest BCUT2D eigenvalue weighted by Crippen LogP contribution is -2.39. The highest BCUT2D eigenvalue weighted by molar-refractivity contribution is 5.96. The molecule has 0 aliphatic carbocycles. The van der Waals surface area contributed by atoms with Crippen molar-refractivity contribution in [2.45, 2.75) is 45.7 Å². The van der Waals surface area contributed by atoms with Gasteiger partial charge in [0.25, 0.3) is 5.69 Å². The van der Waals surface area contributed by atoms with Gasteiger partial charge in [-0.1, -0.05) is 45.0 Å². The highest BCUT2D eigenvalue weighted by Gasteiger charge is 2.21. The third-order valence-electron chi connectivity index (χ3n) is 4.94. The molecule has 0 aliphatic heterocycles. The summed E-state index contributed by atoms with van der Waals surface area (Å²) in [5.41, 5.74) is 2.62. The Morgan fingerprint density at radius 3 is 2.34 bits per heavy atom. The fourth-order valence-electron chi connectivity index (χ4n) is 2.88. The third-order valence-corrected chi connectivity index (χ3v) is 4.94. The summed E-state index contributed by atoms with van der Waals surface area (Å²) in [6.07, 6.45) is 0. The number of nitro benzene ring substituents is 1. The van der Waals surface area contributed by atoms with Crippen molar-refractivity contribution in [3.05, 3.63) is 63.7 Å². The Hall–Kier alpha value is -2.93. The predicted octanol–water partition coefficient (Wildman–Crippen LogP) is 4.36. The van der Waals surface area contributed by atoms with Gasteiger partial charge in [0.15, 0.2) is 0 Å². The number of ether oxygens (including phenoxy) is 1. The van der Waals surface area contributed by atoms with Gasteiger partial charge in [-0.15, -0.1) is 0 Å². The van der Waals surface area contributed by atoms with E-state index in [0.29, 0.717) is 12.3 Å². The molecule has 1 atom stereocenters. The van der Waals surface area contributed by atoms with Gasteiger partial charge in [0.1, 0.15) is 5.75 Å². The summed E-state index contributed by atoms with van der Waals surface area (Å²) in [6, 6.07) is 12.0. The molecule has 0 radical (unpaired) electrons. The Morgan fingerprint density at radius 2 is 1.83 bits per heavy atom. The predicted molar refractivity (Wildman–Crippen MR) is 114 cm³/mol. The number of hydrogen-bond acceptors (Lipinski definition) is 5. The molecule has 1 amide bonds. The Kier molecular flexibility index (Phi) is 6.97. The molecule has 7 nitrogen and oxygen atoms in total. The molecule has 2 aromatic rings. The van der Waals surface area contributed by atoms with Crippen molar-refractivity contribution >= 4 is 17.3 Å². The summed E-state index contributed by atoms with van der Waals surface area (Å²) in [6.45, 7) is 8.90. The van der Waals surface area contributed by atoms with Crippen LogP contribution in [0.5, 0.6) is 5.75 Å². The van der Waals surface area contributed by atoms with E-state index in [9.17, 15) is 14.9 Å². The fraction of sp³-hybridized carbons (Fsp3) is 0.409. The van der Waals surface area contributed by atoms with Gasteiger partial charge < -0.3 is 10.1 Å². The zero-order chi connectivity index (χ0) is 21.8. The minimum Gasteiger partial charge on any atom is -0.495 e. The van der Waals surface area contributed by atoms with Crippen LogP contribution in [0.4, 0.5) is 11.4 Å². The second kappa shape index (κ2) is 9.05. The van der Waals surface area contributed by atoms with Crippen molar-refractivity contribution in [3.63, 3.8) is 0 Å². The Balaban J connectivity index is 2.08. The maximum atomic E-state index is 12.7. The number of methoxy groups -OCH3 is 1. The van der Waals surface area contributed by atoms with Crippen LogP contribution in [-0.4, -0.2) is 35.9 Å². The summed E-state index contributed by atoms with van der Waals surface area (Å²) >= 11 is 0. The monoisotopic (exact) mass is 399 g/mol. The van der Waals surface area contributed by atoms with Crippen LogP contribution >= 0.6 is 0 Å². The first kappa shape index (κ1) is 22.4. The van der Waals surface area contributed by atoms with E-state index in [2.05, 4.69) is 50.4 Å². The average Bonchev–Trinajstić information content (AvgIpc) is 2.66. The van der Waals surface area contributed by atoms with Crippen molar-refractivity contribution in [1.82, 2.24) is 4.90 Å². The minimum atomic E-state index is -0.508. The second-order valence-corrected chi connectivity index (χ2v) is 8.17. The molecule has 0 saturated heterocycles. The van der Waals surface area contributed by atoms with E-state index in [1.165, 1.54) is 30.9 Å². The van der Waals surface area contributed by atoms with E-state index in [1.807, 2.05) is 11.9 Å². The molecule has 156 valence electrons. The van der Waals surface area contributed by atoms with Gasteiger partial charge in [-0.2, -0.15) is 0 Å². The maximum Gasteiger partial charge on any atom is 0.271 e. The molecule has 0 fully saturated rings. The lowest BCUT2D eigenvalue weighted by molar-refractivity contribution is -0.384. The lowest BCUT2D eigenvalue weighted by Gasteiger charge is -2.25. The van der Waals surface area contributed by atoms with Crippen LogP contribution in [0.25, 0.3) is 0 Å². The quantitative estimate of drug-likeness (QED) is 0.552. The number of nitrogens with one attached hydrogen (secondary N) is 1. The third kappa shape index (κ3) is 5.77. The molecule has 1 N–H and O–H groups in total. The normalized spacial score (nSPS) is 12.5. The minimum absolute atomic E-state index is 0.0922. The first-order chi connectivity index (χ1) is 13.5. The zero-order valence-corrected chi connectivity index (χ0v) is 17.9. The van der Waals surface area contributed by atoms with E-state index in [1.54, 1.807) is 6.92 Å². The number of carbonyl (C=O) groups is 1. The molecular weight excluding hydrogens is 370 g/mol. The SMILES string of the molecule is COc1ccc([N+](=O)[O-])cc1NC(=O)[C@H](C)N(C)Cc1ccc(C(C)(C)C)cc1. The van der Waals surface area contributed by atoms with Crippen LogP contribution in [0.1, 0.15) is 38.8 Å². The summed E-state index contributed by atoms with van der Waals surface area (Å²) in [7, 11) is 3.32. The van der Waals surface area contributed by atoms with Crippen LogP contribution in [0.15, 0.2) is 42.5 Å². The first-order valence-electron chi connectivity index (χ1n) is 9.46. The molecule has 0 unspecified atom stereocenters. The Bertz CT molecular complexity index is 873. The molecule has 0 saturated carbocycles. The van der Waals surface area contributed by atoms with Crippen molar-refractivity contribution in [1.29, 1.82) is 0 Å². The summed E-state index contributed by atoms with van der Waals surface area (Å²) in [5.74, 6) is 0.106. The van der Waals surface area contributed by atoms with Crippen LogP contribution in [0.2, 0.25) is 0 Å². The second-order valence-electron chi connectivity index (χ2n) is 8.17. The summed E-state index contributed by atoms with van der Waals surface area (Å²) in [5, 5.41) is 13.8.